The monoisotopic (exact) mass is 283 g/mol. The molecule has 0 aromatic rings. The normalized spacial score (nSPS) is 17.9. The zero-order valence-electron chi connectivity index (χ0n) is 14.0. The second kappa shape index (κ2) is 12.6. The Hall–Kier alpha value is -0.0800. The summed E-state index contributed by atoms with van der Waals surface area (Å²) >= 11 is 0. The maximum atomic E-state index is 5.25. The minimum Gasteiger partial charge on any atom is -0.372 e. The quantitative estimate of drug-likeness (QED) is 0.310. The molecule has 0 bridgehead atoms. The molecule has 120 valence electrons. The second-order valence-electron chi connectivity index (χ2n) is 6.61. The SMILES string of the molecule is CCCCCCCCCCCCCCN(C)CC1CO1. The van der Waals surface area contributed by atoms with Crippen LogP contribution in [0, 0.1) is 0 Å². The summed E-state index contributed by atoms with van der Waals surface area (Å²) in [7, 11) is 2.22. The first kappa shape index (κ1) is 18.0. The minimum atomic E-state index is 0.553. The maximum absolute atomic E-state index is 5.25. The van der Waals surface area contributed by atoms with Gasteiger partial charge in [-0.1, -0.05) is 77.6 Å². The molecule has 1 aliphatic heterocycles. The zero-order chi connectivity index (χ0) is 14.5. The molecule has 20 heavy (non-hydrogen) atoms. The Bertz CT molecular complexity index is 204. The molecule has 0 saturated carbocycles. The largest absolute Gasteiger partial charge is 0.372 e. The Kier molecular flexibility index (Phi) is 11.4. The van der Waals surface area contributed by atoms with Gasteiger partial charge in [-0.05, 0) is 20.0 Å². The van der Waals surface area contributed by atoms with Crippen LogP contribution in [-0.4, -0.2) is 37.7 Å². The number of ether oxygens (including phenoxy) is 1. The van der Waals surface area contributed by atoms with Crippen LogP contribution in [-0.2, 0) is 4.74 Å². The summed E-state index contributed by atoms with van der Waals surface area (Å²) in [6.45, 7) is 5.66. The summed E-state index contributed by atoms with van der Waals surface area (Å²) in [6, 6.07) is 0. The zero-order valence-corrected chi connectivity index (χ0v) is 14.0. The first-order chi connectivity index (χ1) is 9.83. The van der Waals surface area contributed by atoms with Gasteiger partial charge in [0.2, 0.25) is 0 Å². The highest BCUT2D eigenvalue weighted by molar-refractivity contribution is 4.72. The minimum absolute atomic E-state index is 0.553. The number of likely N-dealkylation sites (N-methyl/N-ethyl adjacent to an activating group) is 1. The van der Waals surface area contributed by atoms with E-state index in [0.29, 0.717) is 6.10 Å². The van der Waals surface area contributed by atoms with Gasteiger partial charge in [0.15, 0.2) is 0 Å². The van der Waals surface area contributed by atoms with Crippen molar-refractivity contribution < 1.29 is 4.74 Å². The van der Waals surface area contributed by atoms with E-state index in [4.69, 9.17) is 4.74 Å². The van der Waals surface area contributed by atoms with Crippen molar-refractivity contribution in [1.82, 2.24) is 4.90 Å². The Morgan fingerprint density at radius 2 is 1.25 bits per heavy atom. The fraction of sp³-hybridized carbons (Fsp3) is 1.00. The molecule has 2 heteroatoms. The van der Waals surface area contributed by atoms with Gasteiger partial charge in [0.05, 0.1) is 12.7 Å². The average molecular weight is 284 g/mol. The number of hydrogen-bond acceptors (Lipinski definition) is 2. The van der Waals surface area contributed by atoms with E-state index in [-0.39, 0.29) is 0 Å². The molecule has 0 radical (unpaired) electrons. The predicted molar refractivity (Wildman–Crippen MR) is 88.3 cm³/mol. The standard InChI is InChI=1S/C18H37NO/c1-3-4-5-6-7-8-9-10-11-12-13-14-15-19(2)16-18-17-20-18/h18H,3-17H2,1-2H3. The van der Waals surface area contributed by atoms with E-state index in [0.717, 1.165) is 13.2 Å². The third-order valence-corrected chi connectivity index (χ3v) is 4.31. The third-order valence-electron chi connectivity index (χ3n) is 4.31. The lowest BCUT2D eigenvalue weighted by atomic mass is 10.1. The third kappa shape index (κ3) is 11.7. The lowest BCUT2D eigenvalue weighted by molar-refractivity contribution is 0.278. The van der Waals surface area contributed by atoms with Crippen LogP contribution < -0.4 is 0 Å². The molecule has 0 spiro atoms. The van der Waals surface area contributed by atoms with Gasteiger partial charge in [0, 0.05) is 6.54 Å². The molecular weight excluding hydrogens is 246 g/mol. The van der Waals surface area contributed by atoms with Crippen molar-refractivity contribution in [2.24, 2.45) is 0 Å². The first-order valence-electron chi connectivity index (χ1n) is 9.13. The number of hydrogen-bond donors (Lipinski definition) is 0. The van der Waals surface area contributed by atoms with E-state index in [1.165, 1.54) is 83.6 Å². The van der Waals surface area contributed by atoms with Gasteiger partial charge in [-0.15, -0.1) is 0 Å². The molecule has 0 aromatic carbocycles. The van der Waals surface area contributed by atoms with E-state index in [1.807, 2.05) is 0 Å². The van der Waals surface area contributed by atoms with Crippen molar-refractivity contribution in [2.45, 2.75) is 90.1 Å². The molecule has 0 aliphatic carbocycles. The molecule has 1 fully saturated rings. The highest BCUT2D eigenvalue weighted by atomic mass is 16.6. The van der Waals surface area contributed by atoms with Gasteiger partial charge >= 0.3 is 0 Å². The van der Waals surface area contributed by atoms with Crippen LogP contribution >= 0.6 is 0 Å². The van der Waals surface area contributed by atoms with Crippen LogP contribution in [0.1, 0.15) is 84.0 Å². The van der Waals surface area contributed by atoms with Crippen molar-refractivity contribution in [2.75, 3.05) is 26.7 Å². The molecule has 1 saturated heterocycles. The Morgan fingerprint density at radius 3 is 1.70 bits per heavy atom. The highest BCUT2D eigenvalue weighted by Gasteiger charge is 2.23. The predicted octanol–water partition coefficient (Wildman–Crippen LogP) is 5.02. The molecule has 2 nitrogen and oxygen atoms in total. The molecular formula is C18H37NO. The van der Waals surface area contributed by atoms with Crippen molar-refractivity contribution in [1.29, 1.82) is 0 Å². The van der Waals surface area contributed by atoms with Crippen molar-refractivity contribution >= 4 is 0 Å². The van der Waals surface area contributed by atoms with Gasteiger partial charge in [-0.3, -0.25) is 0 Å². The highest BCUT2D eigenvalue weighted by Crippen LogP contribution is 2.13. The van der Waals surface area contributed by atoms with Crippen LogP contribution in [0.4, 0.5) is 0 Å². The van der Waals surface area contributed by atoms with Gasteiger partial charge in [0.1, 0.15) is 0 Å². The van der Waals surface area contributed by atoms with E-state index in [2.05, 4.69) is 18.9 Å². The Labute approximate surface area is 127 Å². The van der Waals surface area contributed by atoms with E-state index in [9.17, 15) is 0 Å². The Morgan fingerprint density at radius 1 is 0.800 bits per heavy atom. The molecule has 1 atom stereocenters. The summed E-state index contributed by atoms with van der Waals surface area (Å²) in [5.74, 6) is 0. The number of epoxide rings is 1. The lowest BCUT2D eigenvalue weighted by Crippen LogP contribution is -2.24. The van der Waals surface area contributed by atoms with Gasteiger partial charge in [-0.25, -0.2) is 0 Å². The van der Waals surface area contributed by atoms with Crippen molar-refractivity contribution in [3.63, 3.8) is 0 Å². The van der Waals surface area contributed by atoms with Crippen LogP contribution in [0.3, 0.4) is 0 Å². The summed E-state index contributed by atoms with van der Waals surface area (Å²) in [5, 5.41) is 0. The maximum Gasteiger partial charge on any atom is 0.0936 e. The van der Waals surface area contributed by atoms with Gasteiger partial charge in [-0.2, -0.15) is 0 Å². The smallest absolute Gasteiger partial charge is 0.0936 e. The van der Waals surface area contributed by atoms with E-state index >= 15 is 0 Å². The summed E-state index contributed by atoms with van der Waals surface area (Å²) in [5.41, 5.74) is 0. The van der Waals surface area contributed by atoms with Gasteiger partial charge in [0.25, 0.3) is 0 Å². The lowest BCUT2D eigenvalue weighted by Gasteiger charge is -2.14. The molecule has 1 rings (SSSR count). The molecule has 1 heterocycles. The summed E-state index contributed by atoms with van der Waals surface area (Å²) in [4.78, 5) is 2.42. The van der Waals surface area contributed by atoms with Crippen LogP contribution in [0.15, 0.2) is 0 Å². The van der Waals surface area contributed by atoms with E-state index in [1.54, 1.807) is 0 Å². The number of unbranched alkanes of at least 4 members (excludes halogenated alkanes) is 11. The summed E-state index contributed by atoms with van der Waals surface area (Å²) in [6.07, 6.45) is 17.8. The fourth-order valence-electron chi connectivity index (χ4n) is 2.84. The number of rotatable bonds is 15. The van der Waals surface area contributed by atoms with Gasteiger partial charge < -0.3 is 9.64 Å². The van der Waals surface area contributed by atoms with Crippen LogP contribution in [0.25, 0.3) is 0 Å². The topological polar surface area (TPSA) is 15.8 Å². The molecule has 1 unspecified atom stereocenters. The Balaban J connectivity index is 1.67. The molecule has 0 amide bonds. The van der Waals surface area contributed by atoms with Crippen LogP contribution in [0.2, 0.25) is 0 Å². The van der Waals surface area contributed by atoms with Crippen molar-refractivity contribution in [3.8, 4) is 0 Å². The molecule has 0 N–H and O–H groups in total. The van der Waals surface area contributed by atoms with E-state index < -0.39 is 0 Å². The first-order valence-corrected chi connectivity index (χ1v) is 9.13. The van der Waals surface area contributed by atoms with Crippen molar-refractivity contribution in [3.05, 3.63) is 0 Å². The second-order valence-corrected chi connectivity index (χ2v) is 6.61. The average Bonchev–Trinajstić information content (AvgIpc) is 3.24. The molecule has 0 aromatic heterocycles. The fourth-order valence-corrected chi connectivity index (χ4v) is 2.84. The molecule has 1 aliphatic rings. The number of nitrogens with zero attached hydrogens (tertiary/aromatic N) is 1. The van der Waals surface area contributed by atoms with Crippen LogP contribution in [0.5, 0.6) is 0 Å². The summed E-state index contributed by atoms with van der Waals surface area (Å²) < 4.78 is 5.25.